The average Bonchev–Trinajstić information content (AvgIpc) is 3.32. The van der Waals surface area contributed by atoms with E-state index in [4.69, 9.17) is 9.47 Å². The van der Waals surface area contributed by atoms with Crippen LogP contribution in [0.5, 0.6) is 5.75 Å². The second-order valence-corrected chi connectivity index (χ2v) is 8.09. The Bertz CT molecular complexity index is 1140. The smallest absolute Gasteiger partial charge is 0.276 e. The molecule has 9 heteroatoms. The summed E-state index contributed by atoms with van der Waals surface area (Å²) >= 11 is 0. The van der Waals surface area contributed by atoms with Crippen molar-refractivity contribution in [2.24, 2.45) is 0 Å². The first-order valence-corrected chi connectivity index (χ1v) is 11.0. The molecule has 5 rings (SSSR count). The van der Waals surface area contributed by atoms with Crippen molar-refractivity contribution in [2.45, 2.75) is 19.3 Å². The highest BCUT2D eigenvalue weighted by Gasteiger charge is 2.32. The normalized spacial score (nSPS) is 18.0. The van der Waals surface area contributed by atoms with E-state index in [1.54, 1.807) is 45.9 Å². The molecule has 1 fully saturated rings. The van der Waals surface area contributed by atoms with E-state index in [0.29, 0.717) is 55.4 Å². The number of carbonyl (C=O) groups excluding carboxylic acids is 2. The highest BCUT2D eigenvalue weighted by atomic mass is 16.5. The number of methoxy groups -OCH3 is 1. The summed E-state index contributed by atoms with van der Waals surface area (Å²) in [6, 6.07) is 17.0. The zero-order chi connectivity index (χ0) is 22.8. The Kier molecular flexibility index (Phi) is 5.78. The molecule has 0 unspecified atom stereocenters. The van der Waals surface area contributed by atoms with Gasteiger partial charge in [-0.3, -0.25) is 9.59 Å². The Morgan fingerprint density at radius 2 is 1.61 bits per heavy atom. The number of hydrogen-bond donors (Lipinski definition) is 0. The van der Waals surface area contributed by atoms with Crippen molar-refractivity contribution in [1.29, 1.82) is 0 Å². The molecule has 9 nitrogen and oxygen atoms in total. The Labute approximate surface area is 191 Å². The number of benzene rings is 2. The fraction of sp³-hybridized carbons (Fsp3) is 0.333. The molecule has 0 saturated carbocycles. The third-order valence-electron chi connectivity index (χ3n) is 6.16. The highest BCUT2D eigenvalue weighted by molar-refractivity contribution is 5.95. The first-order chi connectivity index (χ1) is 16.1. The number of fused-ring (bicyclic) bond motifs is 1. The lowest BCUT2D eigenvalue weighted by Crippen LogP contribution is -2.50. The van der Waals surface area contributed by atoms with Gasteiger partial charge in [-0.25, -0.2) is 4.68 Å². The van der Waals surface area contributed by atoms with E-state index >= 15 is 0 Å². The molecule has 0 spiro atoms. The Balaban J connectivity index is 1.21. The second kappa shape index (κ2) is 9.03. The first kappa shape index (κ1) is 21.1. The van der Waals surface area contributed by atoms with Crippen molar-refractivity contribution < 1.29 is 19.1 Å². The van der Waals surface area contributed by atoms with Crippen molar-refractivity contribution >= 4 is 11.8 Å². The van der Waals surface area contributed by atoms with E-state index in [2.05, 4.69) is 10.3 Å². The van der Waals surface area contributed by atoms with Gasteiger partial charge in [-0.2, -0.15) is 0 Å². The lowest BCUT2D eigenvalue weighted by molar-refractivity contribution is -0.00202. The molecule has 0 bridgehead atoms. The van der Waals surface area contributed by atoms with Gasteiger partial charge >= 0.3 is 0 Å². The molecule has 0 radical (unpaired) electrons. The van der Waals surface area contributed by atoms with Crippen LogP contribution in [0.15, 0.2) is 54.6 Å². The molecule has 2 aliphatic rings. The van der Waals surface area contributed by atoms with Gasteiger partial charge < -0.3 is 19.3 Å². The molecule has 1 atom stereocenters. The quantitative estimate of drug-likeness (QED) is 0.609. The Hall–Kier alpha value is -3.72. The van der Waals surface area contributed by atoms with Gasteiger partial charge in [0.2, 0.25) is 0 Å². The number of aromatic nitrogens is 3. The van der Waals surface area contributed by atoms with E-state index in [0.717, 1.165) is 5.56 Å². The van der Waals surface area contributed by atoms with Crippen LogP contribution in [0.4, 0.5) is 0 Å². The standard InChI is InChI=1S/C24H25N5O4/c1-32-19-9-7-18(8-10-19)23(30)27-11-13-28(14-12-27)24(31)22-20-16-33-21(15-29(20)26-25-22)17-5-3-2-4-6-17/h2-10,21H,11-16H2,1H3/t21-/m1/s1. The van der Waals surface area contributed by atoms with Crippen molar-refractivity contribution in [3.63, 3.8) is 0 Å². The lowest BCUT2D eigenvalue weighted by Gasteiger charge is -2.34. The second-order valence-electron chi connectivity index (χ2n) is 8.09. The van der Waals surface area contributed by atoms with Gasteiger partial charge in [-0.15, -0.1) is 5.10 Å². The van der Waals surface area contributed by atoms with Crippen LogP contribution in [0, 0.1) is 0 Å². The van der Waals surface area contributed by atoms with Crippen molar-refractivity contribution in [1.82, 2.24) is 24.8 Å². The number of rotatable bonds is 4. The summed E-state index contributed by atoms with van der Waals surface area (Å²) in [6.07, 6.45) is -0.115. The van der Waals surface area contributed by atoms with E-state index in [-0.39, 0.29) is 24.5 Å². The zero-order valence-corrected chi connectivity index (χ0v) is 18.4. The van der Waals surface area contributed by atoms with E-state index in [1.807, 2.05) is 30.3 Å². The van der Waals surface area contributed by atoms with Gasteiger partial charge in [0.1, 0.15) is 11.9 Å². The van der Waals surface area contributed by atoms with E-state index in [1.165, 1.54) is 0 Å². The summed E-state index contributed by atoms with van der Waals surface area (Å²) < 4.78 is 12.9. The molecule has 0 N–H and O–H groups in total. The molecule has 0 aliphatic carbocycles. The van der Waals surface area contributed by atoms with Gasteiger partial charge in [0.05, 0.1) is 26.0 Å². The van der Waals surface area contributed by atoms with Crippen molar-refractivity contribution in [3.05, 3.63) is 77.1 Å². The maximum absolute atomic E-state index is 13.1. The third kappa shape index (κ3) is 4.19. The summed E-state index contributed by atoms with van der Waals surface area (Å²) in [5.41, 5.74) is 2.71. The monoisotopic (exact) mass is 447 g/mol. The predicted octanol–water partition coefficient (Wildman–Crippen LogP) is 2.16. The average molecular weight is 447 g/mol. The van der Waals surface area contributed by atoms with Crippen LogP contribution in [0.25, 0.3) is 0 Å². The molecular weight excluding hydrogens is 422 g/mol. The first-order valence-electron chi connectivity index (χ1n) is 11.0. The maximum atomic E-state index is 13.1. The fourth-order valence-electron chi connectivity index (χ4n) is 4.23. The molecular formula is C24H25N5O4. The SMILES string of the molecule is COc1ccc(C(=O)N2CCN(C(=O)c3nnn4c3CO[C@@H](c3ccccc3)C4)CC2)cc1. The number of amides is 2. The molecule has 2 aliphatic heterocycles. The summed E-state index contributed by atoms with van der Waals surface area (Å²) in [5, 5.41) is 8.38. The summed E-state index contributed by atoms with van der Waals surface area (Å²) in [7, 11) is 1.59. The maximum Gasteiger partial charge on any atom is 0.276 e. The van der Waals surface area contributed by atoms with E-state index in [9.17, 15) is 9.59 Å². The van der Waals surface area contributed by atoms with Gasteiger partial charge in [-0.1, -0.05) is 35.5 Å². The summed E-state index contributed by atoms with van der Waals surface area (Å²) in [5.74, 6) is 0.485. The van der Waals surface area contributed by atoms with Crippen LogP contribution in [-0.2, 0) is 17.9 Å². The Morgan fingerprint density at radius 1 is 0.939 bits per heavy atom. The minimum atomic E-state index is -0.172. The molecule has 3 heterocycles. The predicted molar refractivity (Wildman–Crippen MR) is 119 cm³/mol. The van der Waals surface area contributed by atoms with Crippen LogP contribution in [-0.4, -0.2) is 69.9 Å². The number of piperazine rings is 1. The molecule has 33 heavy (non-hydrogen) atoms. The largest absolute Gasteiger partial charge is 0.497 e. The van der Waals surface area contributed by atoms with Gasteiger partial charge in [0.25, 0.3) is 11.8 Å². The number of hydrogen-bond acceptors (Lipinski definition) is 6. The molecule has 170 valence electrons. The molecule has 2 amide bonds. The zero-order valence-electron chi connectivity index (χ0n) is 18.4. The van der Waals surface area contributed by atoms with Crippen LogP contribution >= 0.6 is 0 Å². The minimum Gasteiger partial charge on any atom is -0.497 e. The molecule has 2 aromatic carbocycles. The molecule has 1 aromatic heterocycles. The number of ether oxygens (including phenoxy) is 2. The van der Waals surface area contributed by atoms with Crippen LogP contribution in [0.2, 0.25) is 0 Å². The van der Waals surface area contributed by atoms with E-state index < -0.39 is 0 Å². The van der Waals surface area contributed by atoms with Crippen LogP contribution in [0.3, 0.4) is 0 Å². The van der Waals surface area contributed by atoms with Crippen molar-refractivity contribution in [2.75, 3.05) is 33.3 Å². The Morgan fingerprint density at radius 3 is 2.27 bits per heavy atom. The van der Waals surface area contributed by atoms with Gasteiger partial charge in [-0.05, 0) is 29.8 Å². The molecule has 3 aromatic rings. The third-order valence-corrected chi connectivity index (χ3v) is 6.16. The molecule has 1 saturated heterocycles. The number of nitrogens with zero attached hydrogens (tertiary/aromatic N) is 5. The van der Waals surface area contributed by atoms with Gasteiger partial charge in [0.15, 0.2) is 5.69 Å². The van der Waals surface area contributed by atoms with Gasteiger partial charge in [0, 0.05) is 31.7 Å². The van der Waals surface area contributed by atoms with Crippen LogP contribution in [0.1, 0.15) is 38.2 Å². The lowest BCUT2D eigenvalue weighted by atomic mass is 10.1. The number of carbonyl (C=O) groups is 2. The summed E-state index contributed by atoms with van der Waals surface area (Å²) in [4.78, 5) is 29.4. The summed E-state index contributed by atoms with van der Waals surface area (Å²) in [6.45, 7) is 2.62. The highest BCUT2D eigenvalue weighted by Crippen LogP contribution is 2.27. The van der Waals surface area contributed by atoms with Crippen molar-refractivity contribution in [3.8, 4) is 5.75 Å². The topological polar surface area (TPSA) is 89.8 Å². The fourth-order valence-corrected chi connectivity index (χ4v) is 4.23. The minimum absolute atomic E-state index is 0.0499. The van der Waals surface area contributed by atoms with Crippen LogP contribution < -0.4 is 4.74 Å².